The van der Waals surface area contributed by atoms with Crippen molar-refractivity contribution in [2.24, 2.45) is 5.73 Å². The summed E-state index contributed by atoms with van der Waals surface area (Å²) in [6.45, 7) is 3.77. The van der Waals surface area contributed by atoms with Gasteiger partial charge in [0.2, 0.25) is 0 Å². The number of carboxylic acids is 2. The lowest BCUT2D eigenvalue weighted by Crippen LogP contribution is -2.37. The molecule has 0 bridgehead atoms. The third-order valence-corrected chi connectivity index (χ3v) is 3.14. The minimum Gasteiger partial charge on any atom is -0.480 e. The standard InChI is InChI=1S/C9H11NO2.C7H15NO3.C3H4O2/c10-8(9(11)12)6-7-4-2-1-3-5-7;1-2-4-8-6(3-5-9)7(10)11;1-3(5)2-4/h1-5,8H,6,10H2,(H,11,12);6,8-9H,2-5H2,1H3,(H,10,11);2H,1H3. The van der Waals surface area contributed by atoms with E-state index in [1.807, 2.05) is 37.3 Å². The number of aldehydes is 1. The van der Waals surface area contributed by atoms with Gasteiger partial charge in [0.25, 0.3) is 0 Å². The maximum absolute atomic E-state index is 10.4. The van der Waals surface area contributed by atoms with Gasteiger partial charge in [-0.15, -0.1) is 0 Å². The molecule has 1 rings (SSSR count). The van der Waals surface area contributed by atoms with Gasteiger partial charge in [-0.3, -0.25) is 19.2 Å². The topological polar surface area (TPSA) is 167 Å². The van der Waals surface area contributed by atoms with Gasteiger partial charge in [-0.05, 0) is 31.4 Å². The highest BCUT2D eigenvalue weighted by atomic mass is 16.4. The molecule has 0 heterocycles. The molecule has 0 amide bonds. The largest absolute Gasteiger partial charge is 0.480 e. The van der Waals surface area contributed by atoms with Crippen molar-refractivity contribution in [1.29, 1.82) is 0 Å². The van der Waals surface area contributed by atoms with Gasteiger partial charge in [-0.1, -0.05) is 37.3 Å². The second-order valence-corrected chi connectivity index (χ2v) is 5.72. The third-order valence-electron chi connectivity index (χ3n) is 3.14. The fourth-order valence-electron chi connectivity index (χ4n) is 1.72. The van der Waals surface area contributed by atoms with Gasteiger partial charge in [-0.2, -0.15) is 0 Å². The van der Waals surface area contributed by atoms with E-state index in [0.717, 1.165) is 12.0 Å². The van der Waals surface area contributed by atoms with Gasteiger partial charge in [0, 0.05) is 13.5 Å². The highest BCUT2D eigenvalue weighted by Gasteiger charge is 2.14. The van der Waals surface area contributed by atoms with E-state index in [-0.39, 0.29) is 19.3 Å². The summed E-state index contributed by atoms with van der Waals surface area (Å²) >= 11 is 0. The Kier molecular flexibility index (Phi) is 17.5. The molecule has 0 aromatic heterocycles. The van der Waals surface area contributed by atoms with E-state index in [4.69, 9.17) is 25.8 Å². The number of benzene rings is 1. The Bertz CT molecular complexity index is 579. The zero-order valence-electron chi connectivity index (χ0n) is 16.2. The molecule has 0 saturated heterocycles. The second-order valence-electron chi connectivity index (χ2n) is 5.72. The summed E-state index contributed by atoms with van der Waals surface area (Å²) in [5, 5.41) is 28.4. The van der Waals surface area contributed by atoms with Crippen LogP contribution < -0.4 is 11.1 Å². The summed E-state index contributed by atoms with van der Waals surface area (Å²) in [5.74, 6) is -2.28. The van der Waals surface area contributed by atoms with E-state index in [9.17, 15) is 14.4 Å². The Morgan fingerprint density at radius 3 is 2.04 bits per heavy atom. The lowest BCUT2D eigenvalue weighted by molar-refractivity contribution is -0.140. The number of hydrogen-bond acceptors (Lipinski definition) is 7. The molecular formula is C19H30N2O7. The van der Waals surface area contributed by atoms with E-state index in [0.29, 0.717) is 13.0 Å². The Balaban J connectivity index is 0. The first kappa shape index (κ1) is 27.6. The highest BCUT2D eigenvalue weighted by Crippen LogP contribution is 2.01. The number of rotatable bonds is 10. The summed E-state index contributed by atoms with van der Waals surface area (Å²) in [4.78, 5) is 39.4. The van der Waals surface area contributed by atoms with Crippen LogP contribution in [0.4, 0.5) is 0 Å². The molecule has 9 nitrogen and oxygen atoms in total. The van der Waals surface area contributed by atoms with E-state index in [1.54, 1.807) is 0 Å². The van der Waals surface area contributed by atoms with Crippen molar-refractivity contribution in [3.05, 3.63) is 35.9 Å². The van der Waals surface area contributed by atoms with Crippen molar-refractivity contribution in [2.45, 2.75) is 45.2 Å². The number of hydrogen-bond donors (Lipinski definition) is 5. The van der Waals surface area contributed by atoms with Crippen molar-refractivity contribution in [1.82, 2.24) is 5.32 Å². The molecule has 28 heavy (non-hydrogen) atoms. The number of aliphatic carboxylic acids is 2. The van der Waals surface area contributed by atoms with E-state index in [2.05, 4.69) is 5.32 Å². The Morgan fingerprint density at radius 2 is 1.68 bits per heavy atom. The molecule has 0 aliphatic carbocycles. The highest BCUT2D eigenvalue weighted by molar-refractivity contribution is 6.23. The number of carbonyl (C=O) groups is 4. The quantitative estimate of drug-likeness (QED) is 0.274. The van der Waals surface area contributed by atoms with Crippen LogP contribution >= 0.6 is 0 Å². The fraction of sp³-hybridized carbons (Fsp3) is 0.474. The van der Waals surface area contributed by atoms with Gasteiger partial charge in [0.1, 0.15) is 12.1 Å². The van der Waals surface area contributed by atoms with Crippen LogP contribution in [-0.2, 0) is 25.6 Å². The number of aliphatic hydroxyl groups excluding tert-OH is 1. The molecule has 0 spiro atoms. The number of Topliss-reactive ketones (excluding diaryl/α,β-unsaturated/α-hetero) is 1. The molecule has 0 fully saturated rings. The monoisotopic (exact) mass is 398 g/mol. The SMILES string of the molecule is CC(=O)C=O.CCCNC(CCO)C(=O)O.NC(Cc1ccccc1)C(=O)O. The van der Waals surface area contributed by atoms with Crippen LogP contribution in [0.25, 0.3) is 0 Å². The molecule has 0 saturated carbocycles. The maximum atomic E-state index is 10.4. The molecule has 1 aromatic carbocycles. The predicted octanol–water partition coefficient (Wildman–Crippen LogP) is 0.237. The number of carbonyl (C=O) groups excluding carboxylic acids is 2. The lowest BCUT2D eigenvalue weighted by atomic mass is 10.1. The summed E-state index contributed by atoms with van der Waals surface area (Å²) in [7, 11) is 0. The number of nitrogens with one attached hydrogen (secondary N) is 1. The first-order valence-corrected chi connectivity index (χ1v) is 8.74. The maximum Gasteiger partial charge on any atom is 0.320 e. The molecule has 9 heteroatoms. The average molecular weight is 398 g/mol. The molecule has 6 N–H and O–H groups in total. The average Bonchev–Trinajstić information content (AvgIpc) is 2.66. The van der Waals surface area contributed by atoms with E-state index in [1.165, 1.54) is 6.92 Å². The molecule has 2 atom stereocenters. The van der Waals surface area contributed by atoms with Crippen LogP contribution in [0, 0.1) is 0 Å². The van der Waals surface area contributed by atoms with Crippen molar-refractivity contribution in [2.75, 3.05) is 13.2 Å². The minimum absolute atomic E-state index is 0.0896. The zero-order valence-corrected chi connectivity index (χ0v) is 16.2. The van der Waals surface area contributed by atoms with Crippen LogP contribution in [0.3, 0.4) is 0 Å². The third kappa shape index (κ3) is 16.8. The molecule has 1 aromatic rings. The van der Waals surface area contributed by atoms with Gasteiger partial charge in [0.15, 0.2) is 12.1 Å². The molecule has 0 aliphatic rings. The van der Waals surface area contributed by atoms with Gasteiger partial charge in [0.05, 0.1) is 0 Å². The summed E-state index contributed by atoms with van der Waals surface area (Å²) in [5.41, 5.74) is 6.30. The summed E-state index contributed by atoms with van der Waals surface area (Å²) < 4.78 is 0. The molecule has 158 valence electrons. The van der Waals surface area contributed by atoms with Crippen LogP contribution in [-0.4, -0.2) is 64.6 Å². The predicted molar refractivity (Wildman–Crippen MR) is 104 cm³/mol. The van der Waals surface area contributed by atoms with Gasteiger partial charge >= 0.3 is 11.9 Å². The molecular weight excluding hydrogens is 368 g/mol. The molecule has 0 aliphatic heterocycles. The van der Waals surface area contributed by atoms with Crippen molar-refractivity contribution >= 4 is 24.0 Å². The Hall–Kier alpha value is -2.62. The van der Waals surface area contributed by atoms with Crippen LogP contribution in [0.1, 0.15) is 32.3 Å². The minimum atomic E-state index is -0.959. The first-order chi connectivity index (χ1) is 13.2. The molecule has 0 radical (unpaired) electrons. The van der Waals surface area contributed by atoms with E-state index < -0.39 is 29.8 Å². The second kappa shape index (κ2) is 17.8. The molecule has 2 unspecified atom stereocenters. The first-order valence-electron chi connectivity index (χ1n) is 8.74. The smallest absolute Gasteiger partial charge is 0.320 e. The Morgan fingerprint density at radius 1 is 1.14 bits per heavy atom. The summed E-state index contributed by atoms with van der Waals surface area (Å²) in [6, 6.07) is 7.95. The Labute approximate surface area is 164 Å². The van der Waals surface area contributed by atoms with Crippen molar-refractivity contribution in [3.63, 3.8) is 0 Å². The van der Waals surface area contributed by atoms with Gasteiger partial charge in [-0.25, -0.2) is 0 Å². The van der Waals surface area contributed by atoms with Gasteiger partial charge < -0.3 is 26.4 Å². The van der Waals surface area contributed by atoms with Crippen molar-refractivity contribution < 1.29 is 34.5 Å². The number of ketones is 1. The van der Waals surface area contributed by atoms with Crippen LogP contribution in [0.2, 0.25) is 0 Å². The fourth-order valence-corrected chi connectivity index (χ4v) is 1.72. The van der Waals surface area contributed by atoms with Crippen molar-refractivity contribution in [3.8, 4) is 0 Å². The van der Waals surface area contributed by atoms with E-state index >= 15 is 0 Å². The van der Waals surface area contributed by atoms with Crippen LogP contribution in [0.5, 0.6) is 0 Å². The zero-order chi connectivity index (χ0) is 21.9. The van der Waals surface area contributed by atoms with Crippen LogP contribution in [0.15, 0.2) is 30.3 Å². The number of carboxylic acid groups (broad SMARTS) is 2. The number of aliphatic hydroxyl groups is 1. The normalized spacial score (nSPS) is 11.6. The summed E-state index contributed by atoms with van der Waals surface area (Å²) in [6.07, 6.45) is 1.83. The number of nitrogens with two attached hydrogens (primary N) is 1. The lowest BCUT2D eigenvalue weighted by Gasteiger charge is -2.11.